The summed E-state index contributed by atoms with van der Waals surface area (Å²) in [7, 11) is 0. The second kappa shape index (κ2) is 7.00. The highest BCUT2D eigenvalue weighted by atomic mass is 19.1. The largest absolute Gasteiger partial charge is 0.339 e. The summed E-state index contributed by atoms with van der Waals surface area (Å²) >= 11 is 0. The molecule has 0 saturated carbocycles. The number of hydrogen-bond donors (Lipinski definition) is 2. The van der Waals surface area contributed by atoms with E-state index in [-0.39, 0.29) is 17.2 Å². The minimum Gasteiger partial charge on any atom is -0.339 e. The third-order valence-electron chi connectivity index (χ3n) is 3.19. The van der Waals surface area contributed by atoms with Crippen LogP contribution in [-0.2, 0) is 0 Å². The van der Waals surface area contributed by atoms with Crippen LogP contribution in [0.25, 0.3) is 0 Å². The lowest BCUT2D eigenvalue weighted by molar-refractivity contribution is 0.102. The van der Waals surface area contributed by atoms with Crippen LogP contribution in [0.5, 0.6) is 0 Å². The zero-order chi connectivity index (χ0) is 17.8. The van der Waals surface area contributed by atoms with Gasteiger partial charge in [-0.3, -0.25) is 4.79 Å². The molecule has 25 heavy (non-hydrogen) atoms. The molecule has 3 rings (SSSR count). The van der Waals surface area contributed by atoms with E-state index in [1.54, 1.807) is 0 Å². The summed E-state index contributed by atoms with van der Waals surface area (Å²) in [5.41, 5.74) is 0.386. The second-order valence-corrected chi connectivity index (χ2v) is 5.01. The number of hydrogen-bond acceptors (Lipinski definition) is 4. The molecule has 8 heteroatoms. The molecule has 0 aliphatic heterocycles. The Kier molecular flexibility index (Phi) is 4.60. The van der Waals surface area contributed by atoms with Crippen LogP contribution in [0.1, 0.15) is 10.5 Å². The molecular weight excluding hydrogens is 333 g/mol. The van der Waals surface area contributed by atoms with Crippen molar-refractivity contribution in [3.63, 3.8) is 0 Å². The van der Waals surface area contributed by atoms with Crippen molar-refractivity contribution in [1.29, 1.82) is 0 Å². The van der Waals surface area contributed by atoms with Gasteiger partial charge >= 0.3 is 0 Å². The Bertz CT molecular complexity index is 899. The summed E-state index contributed by atoms with van der Waals surface area (Å²) in [5.74, 6) is -2.35. The number of benzene rings is 2. The molecule has 0 unspecified atom stereocenters. The molecule has 0 radical (unpaired) electrons. The number of halogens is 3. The summed E-state index contributed by atoms with van der Waals surface area (Å²) < 4.78 is 39.2. The van der Waals surface area contributed by atoms with Crippen molar-refractivity contribution in [1.82, 2.24) is 10.2 Å². The fourth-order valence-corrected chi connectivity index (χ4v) is 1.98. The van der Waals surface area contributed by atoms with Crippen LogP contribution in [0.15, 0.2) is 54.6 Å². The van der Waals surface area contributed by atoms with Crippen molar-refractivity contribution >= 4 is 23.1 Å². The molecule has 0 saturated heterocycles. The van der Waals surface area contributed by atoms with Crippen LogP contribution >= 0.6 is 0 Å². The van der Waals surface area contributed by atoms with Crippen LogP contribution in [0.4, 0.5) is 30.4 Å². The predicted molar refractivity (Wildman–Crippen MR) is 86.0 cm³/mol. The van der Waals surface area contributed by atoms with E-state index in [0.29, 0.717) is 17.6 Å². The van der Waals surface area contributed by atoms with Crippen molar-refractivity contribution in [2.24, 2.45) is 0 Å². The van der Waals surface area contributed by atoms with Gasteiger partial charge in [-0.2, -0.15) is 0 Å². The van der Waals surface area contributed by atoms with Crippen molar-refractivity contribution < 1.29 is 18.0 Å². The maximum absolute atomic E-state index is 13.5. The highest BCUT2D eigenvalue weighted by Crippen LogP contribution is 2.17. The Morgan fingerprint density at radius 1 is 0.840 bits per heavy atom. The van der Waals surface area contributed by atoms with Crippen LogP contribution in [0.3, 0.4) is 0 Å². The molecule has 1 heterocycles. The number of anilines is 3. The fourth-order valence-electron chi connectivity index (χ4n) is 1.98. The van der Waals surface area contributed by atoms with E-state index in [4.69, 9.17) is 0 Å². The van der Waals surface area contributed by atoms with E-state index in [9.17, 15) is 18.0 Å². The van der Waals surface area contributed by atoms with E-state index in [1.165, 1.54) is 36.4 Å². The number of carbonyl (C=O) groups is 1. The van der Waals surface area contributed by atoms with Crippen LogP contribution < -0.4 is 10.6 Å². The molecule has 0 aliphatic rings. The van der Waals surface area contributed by atoms with Gasteiger partial charge in [-0.1, -0.05) is 0 Å². The van der Waals surface area contributed by atoms with E-state index in [0.717, 1.165) is 12.1 Å². The maximum atomic E-state index is 13.5. The molecule has 1 aromatic heterocycles. The molecule has 5 nitrogen and oxygen atoms in total. The summed E-state index contributed by atoms with van der Waals surface area (Å²) in [6, 6.07) is 11.3. The third-order valence-corrected chi connectivity index (χ3v) is 3.19. The van der Waals surface area contributed by atoms with Crippen LogP contribution in [0.2, 0.25) is 0 Å². The zero-order valence-electron chi connectivity index (χ0n) is 12.6. The lowest BCUT2D eigenvalue weighted by Gasteiger charge is -2.07. The van der Waals surface area contributed by atoms with Crippen molar-refractivity contribution in [2.75, 3.05) is 10.6 Å². The Balaban J connectivity index is 1.68. The summed E-state index contributed by atoms with van der Waals surface area (Å²) in [5, 5.41) is 12.7. The first kappa shape index (κ1) is 16.4. The lowest BCUT2D eigenvalue weighted by Crippen LogP contribution is -2.15. The van der Waals surface area contributed by atoms with Gasteiger partial charge in [0.1, 0.15) is 17.5 Å². The number of nitrogens with one attached hydrogen (secondary N) is 2. The normalized spacial score (nSPS) is 10.4. The SMILES string of the molecule is O=C(Nc1ccc(F)cc1F)c1ccc(Nc2ccc(F)cc2)nn1. The summed E-state index contributed by atoms with van der Waals surface area (Å²) in [4.78, 5) is 12.0. The molecule has 126 valence electrons. The van der Waals surface area contributed by atoms with Gasteiger partial charge in [-0.25, -0.2) is 13.2 Å². The molecule has 0 atom stereocenters. The Morgan fingerprint density at radius 3 is 2.20 bits per heavy atom. The van der Waals surface area contributed by atoms with Crippen molar-refractivity contribution in [3.05, 3.63) is 77.7 Å². The lowest BCUT2D eigenvalue weighted by atomic mass is 10.2. The first-order valence-corrected chi connectivity index (χ1v) is 7.14. The zero-order valence-corrected chi connectivity index (χ0v) is 12.6. The third kappa shape index (κ3) is 4.11. The van der Waals surface area contributed by atoms with Crippen LogP contribution in [-0.4, -0.2) is 16.1 Å². The first-order valence-electron chi connectivity index (χ1n) is 7.14. The van der Waals surface area contributed by atoms with Gasteiger partial charge in [0.2, 0.25) is 0 Å². The van der Waals surface area contributed by atoms with E-state index in [1.807, 2.05) is 0 Å². The molecule has 2 N–H and O–H groups in total. The van der Waals surface area contributed by atoms with E-state index >= 15 is 0 Å². The standard InChI is InChI=1S/C17H11F3N4O/c18-10-1-4-12(5-2-10)21-16-8-7-15(23-24-16)17(25)22-14-6-3-11(19)9-13(14)20/h1-9H,(H,21,24)(H,22,25). The van der Waals surface area contributed by atoms with E-state index < -0.39 is 17.5 Å². The molecule has 0 bridgehead atoms. The number of aromatic nitrogens is 2. The average Bonchev–Trinajstić information content (AvgIpc) is 2.60. The molecule has 0 fully saturated rings. The van der Waals surface area contributed by atoms with Gasteiger partial charge in [0, 0.05) is 11.8 Å². The Hall–Kier alpha value is -3.42. The molecule has 2 aromatic carbocycles. The Morgan fingerprint density at radius 2 is 1.56 bits per heavy atom. The maximum Gasteiger partial charge on any atom is 0.276 e. The van der Waals surface area contributed by atoms with Gasteiger partial charge in [0.15, 0.2) is 11.5 Å². The van der Waals surface area contributed by atoms with E-state index in [2.05, 4.69) is 20.8 Å². The molecule has 0 spiro atoms. The second-order valence-electron chi connectivity index (χ2n) is 5.01. The Labute approximate surface area is 140 Å². The monoisotopic (exact) mass is 344 g/mol. The van der Waals surface area contributed by atoms with Gasteiger partial charge in [-0.05, 0) is 48.5 Å². The van der Waals surface area contributed by atoms with Gasteiger partial charge in [-0.15, -0.1) is 10.2 Å². The fraction of sp³-hybridized carbons (Fsp3) is 0. The smallest absolute Gasteiger partial charge is 0.276 e. The summed E-state index contributed by atoms with van der Waals surface area (Å²) in [6.45, 7) is 0. The quantitative estimate of drug-likeness (QED) is 0.753. The van der Waals surface area contributed by atoms with Crippen molar-refractivity contribution in [2.45, 2.75) is 0 Å². The number of rotatable bonds is 4. The van der Waals surface area contributed by atoms with Crippen molar-refractivity contribution in [3.8, 4) is 0 Å². The predicted octanol–water partition coefficient (Wildman–Crippen LogP) is 3.89. The number of amides is 1. The van der Waals surface area contributed by atoms with Gasteiger partial charge in [0.25, 0.3) is 5.91 Å². The van der Waals surface area contributed by atoms with Gasteiger partial charge < -0.3 is 10.6 Å². The molecular formula is C17H11F3N4O. The summed E-state index contributed by atoms with van der Waals surface area (Å²) in [6.07, 6.45) is 0. The van der Waals surface area contributed by atoms with Gasteiger partial charge in [0.05, 0.1) is 5.69 Å². The number of carbonyl (C=O) groups excluding carboxylic acids is 1. The average molecular weight is 344 g/mol. The molecule has 0 aliphatic carbocycles. The number of nitrogens with zero attached hydrogens (tertiary/aromatic N) is 2. The molecule has 3 aromatic rings. The topological polar surface area (TPSA) is 66.9 Å². The molecule has 1 amide bonds. The van der Waals surface area contributed by atoms with Crippen LogP contribution in [0, 0.1) is 17.5 Å². The highest BCUT2D eigenvalue weighted by molar-refractivity contribution is 6.02. The highest BCUT2D eigenvalue weighted by Gasteiger charge is 2.12. The first-order chi connectivity index (χ1) is 12.0. The minimum absolute atomic E-state index is 0.0478. The minimum atomic E-state index is -0.893.